The van der Waals surface area contributed by atoms with Crippen LogP contribution < -0.4 is 5.73 Å². The molecule has 0 saturated carbocycles. The van der Waals surface area contributed by atoms with Gasteiger partial charge in [-0.05, 0) is 12.5 Å². The fraction of sp³-hybridized carbons (Fsp3) is 0.364. The standard InChI is InChI=1S/C11H11F2NO4S/c12-8-3-7(10(14)4-9(8)13)11(15)18-6-1-2-19(16,17)5-6/h3-4,6H,1-2,5,14H2. The number of carbonyl (C=O) groups excluding carboxylic acids is 1. The Balaban J connectivity index is 2.15. The van der Waals surface area contributed by atoms with Crippen molar-refractivity contribution in [1.82, 2.24) is 0 Å². The molecule has 1 saturated heterocycles. The molecule has 0 spiro atoms. The number of ether oxygens (including phenoxy) is 1. The Hall–Kier alpha value is -1.70. The van der Waals surface area contributed by atoms with Crippen molar-refractivity contribution in [2.24, 2.45) is 0 Å². The lowest BCUT2D eigenvalue weighted by atomic mass is 10.1. The maximum Gasteiger partial charge on any atom is 0.340 e. The third-order valence-electron chi connectivity index (χ3n) is 2.78. The zero-order valence-electron chi connectivity index (χ0n) is 9.73. The summed E-state index contributed by atoms with van der Waals surface area (Å²) in [5.41, 5.74) is 4.82. The number of hydrogen-bond donors (Lipinski definition) is 1. The summed E-state index contributed by atoms with van der Waals surface area (Å²) in [4.78, 5) is 11.7. The van der Waals surface area contributed by atoms with Crippen LogP contribution in [0.4, 0.5) is 14.5 Å². The van der Waals surface area contributed by atoms with E-state index in [1.54, 1.807) is 0 Å². The summed E-state index contributed by atoms with van der Waals surface area (Å²) in [6.07, 6.45) is -0.581. The van der Waals surface area contributed by atoms with E-state index in [2.05, 4.69) is 0 Å². The summed E-state index contributed by atoms with van der Waals surface area (Å²) >= 11 is 0. The molecule has 19 heavy (non-hydrogen) atoms. The second-order valence-corrected chi connectivity index (χ2v) is 6.51. The van der Waals surface area contributed by atoms with Crippen LogP contribution in [0.25, 0.3) is 0 Å². The molecule has 0 amide bonds. The normalized spacial score (nSPS) is 21.3. The lowest BCUT2D eigenvalue weighted by molar-refractivity contribution is 0.0357. The van der Waals surface area contributed by atoms with E-state index in [9.17, 15) is 22.0 Å². The lowest BCUT2D eigenvalue weighted by Gasteiger charge is -2.11. The van der Waals surface area contributed by atoms with E-state index in [0.29, 0.717) is 12.1 Å². The molecular weight excluding hydrogens is 280 g/mol. The summed E-state index contributed by atoms with van der Waals surface area (Å²) in [5.74, 6) is -3.67. The smallest absolute Gasteiger partial charge is 0.340 e. The van der Waals surface area contributed by atoms with Crippen molar-refractivity contribution < 1.29 is 26.7 Å². The monoisotopic (exact) mass is 291 g/mol. The van der Waals surface area contributed by atoms with Crippen LogP contribution in [0, 0.1) is 11.6 Å². The van der Waals surface area contributed by atoms with E-state index in [1.165, 1.54) is 0 Å². The number of nitrogen functional groups attached to an aromatic ring is 1. The van der Waals surface area contributed by atoms with Gasteiger partial charge in [0.2, 0.25) is 0 Å². The highest BCUT2D eigenvalue weighted by Crippen LogP contribution is 2.21. The highest BCUT2D eigenvalue weighted by molar-refractivity contribution is 7.91. The molecule has 1 aliphatic rings. The van der Waals surface area contributed by atoms with Gasteiger partial charge in [-0.15, -0.1) is 0 Å². The quantitative estimate of drug-likeness (QED) is 0.646. The van der Waals surface area contributed by atoms with Gasteiger partial charge in [0.15, 0.2) is 21.5 Å². The first-order valence-corrected chi connectivity index (χ1v) is 7.26. The van der Waals surface area contributed by atoms with Gasteiger partial charge < -0.3 is 10.5 Å². The summed E-state index contributed by atoms with van der Waals surface area (Å²) in [5, 5.41) is 0. The van der Waals surface area contributed by atoms with Crippen LogP contribution in [-0.2, 0) is 14.6 Å². The van der Waals surface area contributed by atoms with Gasteiger partial charge in [-0.3, -0.25) is 0 Å². The average Bonchev–Trinajstić information content (AvgIpc) is 2.63. The van der Waals surface area contributed by atoms with Gasteiger partial charge in [0.1, 0.15) is 6.10 Å². The molecule has 1 aromatic carbocycles. The Morgan fingerprint density at radius 1 is 1.32 bits per heavy atom. The molecule has 1 aromatic rings. The van der Waals surface area contributed by atoms with Crippen molar-refractivity contribution in [1.29, 1.82) is 0 Å². The van der Waals surface area contributed by atoms with E-state index in [1.807, 2.05) is 0 Å². The Morgan fingerprint density at radius 2 is 1.95 bits per heavy atom. The molecule has 8 heteroatoms. The highest BCUT2D eigenvalue weighted by Gasteiger charge is 2.31. The van der Waals surface area contributed by atoms with E-state index in [-0.39, 0.29) is 29.2 Å². The first kappa shape index (κ1) is 13.7. The largest absolute Gasteiger partial charge is 0.458 e. The predicted octanol–water partition coefficient (Wildman–Crippen LogP) is 0.891. The lowest BCUT2D eigenvalue weighted by Crippen LogP contribution is -2.20. The Kier molecular flexibility index (Phi) is 3.44. The van der Waals surface area contributed by atoms with Gasteiger partial charge in [-0.1, -0.05) is 0 Å². The van der Waals surface area contributed by atoms with Gasteiger partial charge >= 0.3 is 5.97 Å². The summed E-state index contributed by atoms with van der Waals surface area (Å²) in [6.45, 7) is 0. The molecule has 1 aliphatic heterocycles. The third-order valence-corrected chi connectivity index (χ3v) is 4.51. The predicted molar refractivity (Wildman–Crippen MR) is 63.2 cm³/mol. The van der Waals surface area contributed by atoms with Gasteiger partial charge in [-0.2, -0.15) is 0 Å². The summed E-state index contributed by atoms with van der Waals surface area (Å²) in [6, 6.07) is 1.31. The molecule has 1 unspecified atom stereocenters. The second-order valence-electron chi connectivity index (χ2n) is 4.28. The van der Waals surface area contributed by atoms with Crippen LogP contribution in [0.2, 0.25) is 0 Å². The Morgan fingerprint density at radius 3 is 2.53 bits per heavy atom. The maximum absolute atomic E-state index is 13.0. The van der Waals surface area contributed by atoms with Gasteiger partial charge in [0, 0.05) is 11.8 Å². The molecule has 1 fully saturated rings. The molecule has 1 atom stereocenters. The second kappa shape index (κ2) is 4.76. The number of anilines is 1. The van der Waals surface area contributed by atoms with Crippen LogP contribution in [-0.4, -0.2) is 32.0 Å². The maximum atomic E-state index is 13.0. The van der Waals surface area contributed by atoms with Crippen molar-refractivity contribution in [3.63, 3.8) is 0 Å². The molecule has 5 nitrogen and oxygen atoms in total. The Labute approximate surface area is 108 Å². The van der Waals surface area contributed by atoms with Crippen LogP contribution in [0.1, 0.15) is 16.8 Å². The van der Waals surface area contributed by atoms with Crippen LogP contribution in [0.5, 0.6) is 0 Å². The SMILES string of the molecule is Nc1cc(F)c(F)cc1C(=O)OC1CCS(=O)(=O)C1. The number of hydrogen-bond acceptors (Lipinski definition) is 5. The topological polar surface area (TPSA) is 86.5 Å². The van der Waals surface area contributed by atoms with E-state index < -0.39 is 33.5 Å². The molecular formula is C11H11F2NO4S. The molecule has 0 aliphatic carbocycles. The number of sulfone groups is 1. The molecule has 0 radical (unpaired) electrons. The third kappa shape index (κ3) is 3.01. The van der Waals surface area contributed by atoms with Crippen molar-refractivity contribution in [3.8, 4) is 0 Å². The van der Waals surface area contributed by atoms with Gasteiger partial charge in [0.25, 0.3) is 0 Å². The minimum atomic E-state index is -3.19. The molecule has 104 valence electrons. The highest BCUT2D eigenvalue weighted by atomic mass is 32.2. The van der Waals surface area contributed by atoms with Crippen molar-refractivity contribution in [3.05, 3.63) is 29.3 Å². The van der Waals surface area contributed by atoms with Crippen LogP contribution in [0.15, 0.2) is 12.1 Å². The molecule has 2 N–H and O–H groups in total. The molecule has 0 aromatic heterocycles. The first-order valence-electron chi connectivity index (χ1n) is 5.44. The van der Waals surface area contributed by atoms with Gasteiger partial charge in [0.05, 0.1) is 17.1 Å². The summed E-state index contributed by atoms with van der Waals surface area (Å²) in [7, 11) is -3.19. The van der Waals surface area contributed by atoms with Gasteiger partial charge in [-0.25, -0.2) is 22.0 Å². The number of carbonyl (C=O) groups is 1. The fourth-order valence-electron chi connectivity index (χ4n) is 1.81. The van der Waals surface area contributed by atoms with Crippen molar-refractivity contribution >= 4 is 21.5 Å². The molecule has 1 heterocycles. The number of rotatable bonds is 2. The zero-order chi connectivity index (χ0) is 14.2. The number of esters is 1. The van der Waals surface area contributed by atoms with Crippen LogP contribution in [0.3, 0.4) is 0 Å². The van der Waals surface area contributed by atoms with E-state index in [4.69, 9.17) is 10.5 Å². The van der Waals surface area contributed by atoms with E-state index >= 15 is 0 Å². The van der Waals surface area contributed by atoms with Crippen molar-refractivity contribution in [2.75, 3.05) is 17.2 Å². The minimum Gasteiger partial charge on any atom is -0.458 e. The molecule has 0 bridgehead atoms. The number of nitrogens with two attached hydrogens (primary N) is 1. The minimum absolute atomic E-state index is 0.0573. The molecule has 2 rings (SSSR count). The van der Waals surface area contributed by atoms with Crippen molar-refractivity contribution in [2.45, 2.75) is 12.5 Å². The van der Waals surface area contributed by atoms with E-state index in [0.717, 1.165) is 0 Å². The Bertz CT molecular complexity index is 630. The number of benzene rings is 1. The summed E-state index contributed by atoms with van der Waals surface area (Å²) < 4.78 is 53.2. The zero-order valence-corrected chi connectivity index (χ0v) is 10.5. The average molecular weight is 291 g/mol. The fourth-order valence-corrected chi connectivity index (χ4v) is 3.40. The van der Waals surface area contributed by atoms with Crippen LogP contribution >= 0.6 is 0 Å². The number of halogens is 2. The first-order chi connectivity index (χ1) is 8.78.